The summed E-state index contributed by atoms with van der Waals surface area (Å²) < 4.78 is 13.0. The van der Waals surface area contributed by atoms with E-state index in [4.69, 9.17) is 9.47 Å². The van der Waals surface area contributed by atoms with Crippen LogP contribution in [0.15, 0.2) is 23.0 Å². The number of ether oxygens (including phenoxy) is 2. The summed E-state index contributed by atoms with van der Waals surface area (Å²) in [5.74, 6) is 0.607. The van der Waals surface area contributed by atoms with Crippen molar-refractivity contribution in [3.8, 4) is 11.5 Å². The minimum atomic E-state index is -0.819. The lowest BCUT2D eigenvalue weighted by Gasteiger charge is -2.24. The molecule has 1 aromatic carbocycles. The van der Waals surface area contributed by atoms with Crippen molar-refractivity contribution in [1.82, 2.24) is 9.88 Å². The lowest BCUT2D eigenvalue weighted by atomic mass is 10.1. The summed E-state index contributed by atoms with van der Waals surface area (Å²) in [5.41, 5.74) is -0.479. The Bertz CT molecular complexity index is 917. The van der Waals surface area contributed by atoms with Crippen molar-refractivity contribution in [3.05, 3.63) is 34.1 Å². The molecular weight excluding hydrogens is 348 g/mol. The van der Waals surface area contributed by atoms with Gasteiger partial charge in [0.25, 0.3) is 11.5 Å². The highest BCUT2D eigenvalue weighted by molar-refractivity contribution is 5.99. The molecule has 7 nitrogen and oxygen atoms in total. The van der Waals surface area contributed by atoms with Gasteiger partial charge in [0.1, 0.15) is 5.56 Å². The molecule has 0 fully saturated rings. The minimum absolute atomic E-state index is 0.0550. The number of amides is 1. The van der Waals surface area contributed by atoms with Crippen LogP contribution in [0.3, 0.4) is 0 Å². The topological polar surface area (TPSA) is 89.8 Å². The van der Waals surface area contributed by atoms with E-state index in [9.17, 15) is 14.7 Å². The average Bonchev–Trinajstić information content (AvgIpc) is 2.75. The second kappa shape index (κ2) is 7.60. The second-order valence-electron chi connectivity index (χ2n) is 7.45. The van der Waals surface area contributed by atoms with Gasteiger partial charge in [-0.2, -0.15) is 0 Å². The standard InChI is InChI=1S/C20H26N2O5/c1-20(2,12-23)21-18(24)14-11-13-7-8-15(26-3)17-16(13)22(19(14)25)9-5-4-6-10-27-17/h7-8,11,23H,4-6,9-10,12H2,1-3H3,(H,21,24). The first-order valence-corrected chi connectivity index (χ1v) is 9.18. The molecule has 0 unspecified atom stereocenters. The van der Waals surface area contributed by atoms with Gasteiger partial charge in [0.2, 0.25) is 0 Å². The quantitative estimate of drug-likeness (QED) is 0.855. The fraction of sp³-hybridized carbons (Fsp3) is 0.500. The second-order valence-corrected chi connectivity index (χ2v) is 7.45. The van der Waals surface area contributed by atoms with Crippen molar-refractivity contribution >= 4 is 16.8 Å². The third kappa shape index (κ3) is 3.78. The van der Waals surface area contributed by atoms with Gasteiger partial charge in [-0.25, -0.2) is 0 Å². The molecule has 0 radical (unpaired) electrons. The summed E-state index contributed by atoms with van der Waals surface area (Å²) in [7, 11) is 1.56. The van der Waals surface area contributed by atoms with Crippen molar-refractivity contribution < 1.29 is 19.4 Å². The highest BCUT2D eigenvalue weighted by Gasteiger charge is 2.25. The van der Waals surface area contributed by atoms with Crippen LogP contribution in [0.5, 0.6) is 11.5 Å². The molecule has 0 spiro atoms. The van der Waals surface area contributed by atoms with Gasteiger partial charge in [-0.05, 0) is 51.3 Å². The van der Waals surface area contributed by atoms with Gasteiger partial charge in [0.05, 0.1) is 31.4 Å². The molecule has 1 aliphatic heterocycles. The van der Waals surface area contributed by atoms with Crippen LogP contribution in [0.4, 0.5) is 0 Å². The van der Waals surface area contributed by atoms with Gasteiger partial charge in [0, 0.05) is 11.9 Å². The molecule has 0 aliphatic carbocycles. The summed E-state index contributed by atoms with van der Waals surface area (Å²) in [6.07, 6.45) is 2.64. The first-order chi connectivity index (χ1) is 12.9. The molecule has 0 atom stereocenters. The Labute approximate surface area is 157 Å². The number of benzene rings is 1. The van der Waals surface area contributed by atoms with Gasteiger partial charge < -0.3 is 24.5 Å². The van der Waals surface area contributed by atoms with Gasteiger partial charge in [-0.3, -0.25) is 9.59 Å². The number of nitrogens with one attached hydrogen (secondary N) is 1. The number of hydrogen-bond donors (Lipinski definition) is 2. The summed E-state index contributed by atoms with van der Waals surface area (Å²) in [5, 5.41) is 12.9. The zero-order valence-electron chi connectivity index (χ0n) is 16.0. The number of rotatable bonds is 4. The number of methoxy groups -OCH3 is 1. The highest BCUT2D eigenvalue weighted by Crippen LogP contribution is 2.36. The maximum Gasteiger partial charge on any atom is 0.264 e. The first-order valence-electron chi connectivity index (χ1n) is 9.18. The van der Waals surface area contributed by atoms with Crippen LogP contribution in [0.1, 0.15) is 43.5 Å². The van der Waals surface area contributed by atoms with E-state index in [0.717, 1.165) is 24.6 Å². The van der Waals surface area contributed by atoms with Crippen LogP contribution in [0, 0.1) is 0 Å². The maximum absolute atomic E-state index is 13.1. The SMILES string of the molecule is COc1ccc2cc(C(=O)NC(C)(C)CO)c(=O)n3c2c1OCCCCC3. The Kier molecular flexibility index (Phi) is 5.41. The van der Waals surface area contributed by atoms with Crippen LogP contribution in [0.2, 0.25) is 0 Å². The van der Waals surface area contributed by atoms with E-state index in [1.165, 1.54) is 0 Å². The number of aliphatic hydroxyl groups excluding tert-OH is 1. The number of nitrogens with zero attached hydrogens (tertiary/aromatic N) is 1. The summed E-state index contributed by atoms with van der Waals surface area (Å²) in [4.78, 5) is 25.8. The number of aliphatic hydroxyl groups is 1. The van der Waals surface area contributed by atoms with Crippen molar-refractivity contribution in [2.75, 3.05) is 20.3 Å². The van der Waals surface area contributed by atoms with E-state index in [-0.39, 0.29) is 17.7 Å². The van der Waals surface area contributed by atoms with E-state index in [1.807, 2.05) is 6.07 Å². The normalized spacial score (nSPS) is 14.7. The minimum Gasteiger partial charge on any atom is -0.493 e. The Hall–Kier alpha value is -2.54. The molecule has 27 heavy (non-hydrogen) atoms. The van der Waals surface area contributed by atoms with E-state index >= 15 is 0 Å². The molecule has 2 aromatic rings. The van der Waals surface area contributed by atoms with E-state index in [0.29, 0.717) is 30.2 Å². The predicted octanol–water partition coefficient (Wildman–Crippen LogP) is 2.07. The maximum atomic E-state index is 13.1. The molecule has 2 heterocycles. The van der Waals surface area contributed by atoms with Crippen LogP contribution in [-0.4, -0.2) is 41.4 Å². The molecule has 0 saturated carbocycles. The molecule has 1 aliphatic rings. The molecular formula is C20H26N2O5. The third-order valence-electron chi connectivity index (χ3n) is 4.76. The zero-order chi connectivity index (χ0) is 19.6. The largest absolute Gasteiger partial charge is 0.493 e. The van der Waals surface area contributed by atoms with Crippen LogP contribution in [-0.2, 0) is 6.54 Å². The predicted molar refractivity (Wildman–Crippen MR) is 103 cm³/mol. The van der Waals surface area contributed by atoms with Gasteiger partial charge in [-0.1, -0.05) is 0 Å². The summed E-state index contributed by atoms with van der Waals surface area (Å²) in [6, 6.07) is 5.19. The molecule has 2 N–H and O–H groups in total. The van der Waals surface area contributed by atoms with Gasteiger partial charge in [-0.15, -0.1) is 0 Å². The van der Waals surface area contributed by atoms with Crippen molar-refractivity contribution in [3.63, 3.8) is 0 Å². The number of pyridine rings is 1. The lowest BCUT2D eigenvalue weighted by Crippen LogP contribution is -2.48. The number of carbonyl (C=O) groups excluding carboxylic acids is 1. The molecule has 7 heteroatoms. The zero-order valence-corrected chi connectivity index (χ0v) is 16.0. The Balaban J connectivity index is 2.22. The number of hydrogen-bond acceptors (Lipinski definition) is 5. The van der Waals surface area contributed by atoms with Crippen LogP contribution < -0.4 is 20.3 Å². The van der Waals surface area contributed by atoms with Gasteiger partial charge in [0.15, 0.2) is 11.5 Å². The van der Waals surface area contributed by atoms with Crippen molar-refractivity contribution in [2.24, 2.45) is 0 Å². The highest BCUT2D eigenvalue weighted by atomic mass is 16.5. The number of aromatic nitrogens is 1. The Morgan fingerprint density at radius 2 is 2.11 bits per heavy atom. The fourth-order valence-electron chi connectivity index (χ4n) is 3.24. The molecule has 3 rings (SSSR count). The first kappa shape index (κ1) is 19.2. The van der Waals surface area contributed by atoms with Crippen molar-refractivity contribution in [2.45, 2.75) is 45.2 Å². The Morgan fingerprint density at radius 1 is 1.33 bits per heavy atom. The molecule has 146 valence electrons. The third-order valence-corrected chi connectivity index (χ3v) is 4.76. The van der Waals surface area contributed by atoms with Crippen LogP contribution in [0.25, 0.3) is 10.9 Å². The number of carbonyl (C=O) groups is 1. The Morgan fingerprint density at radius 3 is 2.81 bits per heavy atom. The van der Waals surface area contributed by atoms with E-state index in [1.54, 1.807) is 37.7 Å². The van der Waals surface area contributed by atoms with E-state index < -0.39 is 11.4 Å². The summed E-state index contributed by atoms with van der Waals surface area (Å²) in [6.45, 7) is 4.23. The van der Waals surface area contributed by atoms with Gasteiger partial charge >= 0.3 is 0 Å². The molecule has 0 saturated heterocycles. The number of aryl methyl sites for hydroxylation is 1. The monoisotopic (exact) mass is 374 g/mol. The molecule has 1 amide bonds. The molecule has 1 aromatic heterocycles. The lowest BCUT2D eigenvalue weighted by molar-refractivity contribution is 0.0867. The van der Waals surface area contributed by atoms with Crippen LogP contribution >= 0.6 is 0 Å². The van der Waals surface area contributed by atoms with E-state index in [2.05, 4.69) is 5.32 Å². The smallest absolute Gasteiger partial charge is 0.264 e. The summed E-state index contributed by atoms with van der Waals surface area (Å²) >= 11 is 0. The van der Waals surface area contributed by atoms with Crippen molar-refractivity contribution in [1.29, 1.82) is 0 Å². The average molecular weight is 374 g/mol. The fourth-order valence-corrected chi connectivity index (χ4v) is 3.24. The molecule has 0 bridgehead atoms.